The quantitative estimate of drug-likeness (QED) is 0.318. The lowest BCUT2D eigenvalue weighted by Gasteiger charge is -2.36. The van der Waals surface area contributed by atoms with Gasteiger partial charge in [0.1, 0.15) is 12.1 Å². The molecule has 1 saturated heterocycles. The number of nitrogens with zero attached hydrogens (tertiary/aromatic N) is 5. The van der Waals surface area contributed by atoms with Gasteiger partial charge < -0.3 is 10.6 Å². The van der Waals surface area contributed by atoms with Crippen molar-refractivity contribution in [3.8, 4) is 21.1 Å². The summed E-state index contributed by atoms with van der Waals surface area (Å²) in [5.74, 6) is 0.834. The molecule has 1 amide bonds. The van der Waals surface area contributed by atoms with Crippen LogP contribution >= 0.6 is 22.9 Å². The van der Waals surface area contributed by atoms with Crippen LogP contribution in [0.3, 0.4) is 0 Å². The molecule has 0 saturated carbocycles. The number of thiophene rings is 1. The van der Waals surface area contributed by atoms with Crippen molar-refractivity contribution in [3.63, 3.8) is 0 Å². The first-order chi connectivity index (χ1) is 17.5. The zero-order valence-corrected chi connectivity index (χ0v) is 21.0. The third-order valence-electron chi connectivity index (χ3n) is 5.96. The summed E-state index contributed by atoms with van der Waals surface area (Å²) < 4.78 is 0. The van der Waals surface area contributed by atoms with E-state index in [9.17, 15) is 4.79 Å². The molecule has 182 valence electrons. The minimum atomic E-state index is -0.208. The van der Waals surface area contributed by atoms with E-state index in [0.29, 0.717) is 22.4 Å². The van der Waals surface area contributed by atoms with Gasteiger partial charge in [-0.2, -0.15) is 5.10 Å². The maximum Gasteiger partial charge on any atom is 0.222 e. The normalized spacial score (nSPS) is 14.8. The molecule has 1 aromatic carbocycles. The molecule has 36 heavy (non-hydrogen) atoms. The Morgan fingerprint density at radius 2 is 1.97 bits per heavy atom. The Kier molecular flexibility index (Phi) is 7.06. The number of carbonyl (C=O) groups is 1. The number of anilines is 1. The fourth-order valence-corrected chi connectivity index (χ4v) is 5.79. The minimum Gasteiger partial charge on any atom is -0.314 e. The summed E-state index contributed by atoms with van der Waals surface area (Å²) in [6.45, 7) is 13.0. The highest BCUT2D eigenvalue weighted by Crippen LogP contribution is 2.52. The van der Waals surface area contributed by atoms with Crippen LogP contribution in [0.15, 0.2) is 48.9 Å². The summed E-state index contributed by atoms with van der Waals surface area (Å²) in [5, 5.41) is 13.9. The third kappa shape index (κ3) is 4.87. The molecule has 1 aliphatic rings. The zero-order chi connectivity index (χ0) is 25.1. The van der Waals surface area contributed by atoms with Crippen molar-refractivity contribution in [1.82, 2.24) is 30.4 Å². The number of pyridine rings is 1. The molecule has 3 aromatic heterocycles. The zero-order valence-electron chi connectivity index (χ0n) is 19.5. The van der Waals surface area contributed by atoms with E-state index in [2.05, 4.69) is 40.5 Å². The van der Waals surface area contributed by atoms with Crippen LogP contribution in [0.1, 0.15) is 24.1 Å². The number of nitrogens with one attached hydrogen (secondary N) is 3. The lowest BCUT2D eigenvalue weighted by atomic mass is 9.94. The van der Waals surface area contributed by atoms with E-state index in [1.165, 1.54) is 24.6 Å². The SMILES string of the molecule is [C-]#[N+]c1c(-c2ccnc(NC(C)=O)c2)sc(-c2ncn[nH]2)c1C(c1ccc(Cl)cc1)N1CCNCC1. The second-order valence-electron chi connectivity index (χ2n) is 8.32. The molecule has 0 spiro atoms. The number of aromatic nitrogens is 4. The number of H-pyrrole nitrogens is 1. The number of benzene rings is 1. The Balaban J connectivity index is 1.74. The van der Waals surface area contributed by atoms with Crippen LogP contribution in [0.5, 0.6) is 0 Å². The predicted octanol–water partition coefficient (Wildman–Crippen LogP) is 4.75. The van der Waals surface area contributed by atoms with Gasteiger partial charge in [-0.25, -0.2) is 14.8 Å². The lowest BCUT2D eigenvalue weighted by molar-refractivity contribution is -0.114. The highest BCUT2D eigenvalue weighted by Gasteiger charge is 2.33. The molecule has 0 radical (unpaired) electrons. The van der Waals surface area contributed by atoms with Gasteiger partial charge in [-0.15, -0.1) is 11.3 Å². The van der Waals surface area contributed by atoms with E-state index in [1.54, 1.807) is 12.3 Å². The summed E-state index contributed by atoms with van der Waals surface area (Å²) in [4.78, 5) is 28.4. The number of hydrogen-bond acceptors (Lipinski definition) is 7. The lowest BCUT2D eigenvalue weighted by Crippen LogP contribution is -2.45. The van der Waals surface area contributed by atoms with Crippen LogP contribution in [-0.4, -0.2) is 57.2 Å². The fourth-order valence-electron chi connectivity index (χ4n) is 4.45. The molecule has 9 nitrogen and oxygen atoms in total. The number of rotatable bonds is 6. The molecular formula is C25H23ClN8OS. The summed E-state index contributed by atoms with van der Waals surface area (Å²) in [7, 11) is 0. The number of amides is 1. The molecule has 1 aliphatic heterocycles. The van der Waals surface area contributed by atoms with Crippen LogP contribution in [0.2, 0.25) is 5.02 Å². The van der Waals surface area contributed by atoms with Gasteiger partial charge in [-0.1, -0.05) is 23.7 Å². The molecule has 3 N–H and O–H groups in total. The molecule has 0 bridgehead atoms. The van der Waals surface area contributed by atoms with Gasteiger partial charge in [0.05, 0.1) is 17.5 Å². The van der Waals surface area contributed by atoms with Crippen LogP contribution in [0.25, 0.3) is 26.0 Å². The van der Waals surface area contributed by atoms with Crippen molar-refractivity contribution < 1.29 is 4.79 Å². The van der Waals surface area contributed by atoms with Crippen molar-refractivity contribution in [2.75, 3.05) is 31.5 Å². The number of aromatic amines is 1. The topological polar surface area (TPSA) is 103 Å². The van der Waals surface area contributed by atoms with Crippen LogP contribution < -0.4 is 10.6 Å². The summed E-state index contributed by atoms with van der Waals surface area (Å²) in [6, 6.07) is 11.3. The van der Waals surface area contributed by atoms with Crippen molar-refractivity contribution in [1.29, 1.82) is 0 Å². The minimum absolute atomic E-state index is 0.185. The van der Waals surface area contributed by atoms with Crippen LogP contribution in [0.4, 0.5) is 11.5 Å². The number of carbonyl (C=O) groups excluding carboxylic acids is 1. The molecular weight excluding hydrogens is 496 g/mol. The van der Waals surface area contributed by atoms with Gasteiger partial charge in [0.2, 0.25) is 11.6 Å². The van der Waals surface area contributed by atoms with Gasteiger partial charge in [0.25, 0.3) is 0 Å². The van der Waals surface area contributed by atoms with Gasteiger partial charge in [0.15, 0.2) is 5.82 Å². The van der Waals surface area contributed by atoms with E-state index in [-0.39, 0.29) is 11.9 Å². The monoisotopic (exact) mass is 518 g/mol. The first-order valence-electron chi connectivity index (χ1n) is 11.4. The molecule has 11 heteroatoms. The van der Waals surface area contributed by atoms with Gasteiger partial charge >= 0.3 is 0 Å². The first kappa shape index (κ1) is 24.1. The summed E-state index contributed by atoms with van der Waals surface area (Å²) in [5.41, 5.74) is 3.27. The van der Waals surface area contributed by atoms with E-state index in [4.69, 9.17) is 18.2 Å². The Labute approximate surface area is 217 Å². The molecule has 0 aliphatic carbocycles. The third-order valence-corrected chi connectivity index (χ3v) is 7.47. The molecule has 1 atom stereocenters. The van der Waals surface area contributed by atoms with Crippen molar-refractivity contribution in [3.05, 3.63) is 76.5 Å². The van der Waals surface area contributed by atoms with Gasteiger partial charge in [-0.3, -0.25) is 14.8 Å². The maximum atomic E-state index is 11.6. The highest BCUT2D eigenvalue weighted by atomic mass is 35.5. The average molecular weight is 519 g/mol. The largest absolute Gasteiger partial charge is 0.314 e. The Morgan fingerprint density at radius 3 is 2.64 bits per heavy atom. The van der Waals surface area contributed by atoms with Gasteiger partial charge in [-0.05, 0) is 35.4 Å². The van der Waals surface area contributed by atoms with Crippen molar-refractivity contribution in [2.45, 2.75) is 13.0 Å². The van der Waals surface area contributed by atoms with Crippen LogP contribution in [0, 0.1) is 6.57 Å². The molecule has 4 heterocycles. The fraction of sp³-hybridized carbons (Fsp3) is 0.240. The van der Waals surface area contributed by atoms with E-state index in [0.717, 1.165) is 52.6 Å². The van der Waals surface area contributed by atoms with E-state index < -0.39 is 0 Å². The van der Waals surface area contributed by atoms with Crippen molar-refractivity contribution >= 4 is 40.4 Å². The smallest absolute Gasteiger partial charge is 0.222 e. The van der Waals surface area contributed by atoms with Gasteiger partial charge in [0, 0.05) is 54.8 Å². The Morgan fingerprint density at radius 1 is 1.19 bits per heavy atom. The number of halogens is 1. The van der Waals surface area contributed by atoms with Crippen molar-refractivity contribution in [2.24, 2.45) is 0 Å². The van der Waals surface area contributed by atoms with Crippen LogP contribution in [-0.2, 0) is 4.79 Å². The number of piperazine rings is 1. The maximum absolute atomic E-state index is 11.6. The second kappa shape index (κ2) is 10.6. The standard InChI is InChI=1S/C25H23ClN8OS/c1-15(35)32-19-13-17(7-8-29-19)23-21(27-2)20(24(36-23)25-30-14-31-33-25)22(34-11-9-28-10-12-34)16-3-5-18(26)6-4-16/h3-8,13-14,22,28H,9-12H2,1H3,(H,29,32,35)(H,30,31,33). The Hall–Kier alpha value is -3.62. The van der Waals surface area contributed by atoms with E-state index >= 15 is 0 Å². The molecule has 4 aromatic rings. The predicted molar refractivity (Wildman–Crippen MR) is 141 cm³/mol. The summed E-state index contributed by atoms with van der Waals surface area (Å²) >= 11 is 7.71. The molecule has 1 unspecified atom stereocenters. The molecule has 1 fully saturated rings. The molecule has 5 rings (SSSR count). The highest BCUT2D eigenvalue weighted by molar-refractivity contribution is 7.19. The summed E-state index contributed by atoms with van der Waals surface area (Å²) in [6.07, 6.45) is 3.11. The number of hydrogen-bond donors (Lipinski definition) is 3. The first-order valence-corrected chi connectivity index (χ1v) is 12.6. The van der Waals surface area contributed by atoms with E-state index in [1.807, 2.05) is 30.3 Å². The second-order valence-corrected chi connectivity index (χ2v) is 9.78. The Bertz CT molecular complexity index is 1410. The average Bonchev–Trinajstić information content (AvgIpc) is 3.54.